The van der Waals surface area contributed by atoms with Crippen molar-refractivity contribution in [2.24, 2.45) is 0 Å². The second kappa shape index (κ2) is 10.4. The molecule has 0 aliphatic heterocycles. The van der Waals surface area contributed by atoms with E-state index < -0.39 is 5.97 Å². The fraction of sp³-hybridized carbons (Fsp3) is 0.875. The first-order chi connectivity index (χ1) is 5.27. The van der Waals surface area contributed by atoms with Crippen LogP contribution in [0.25, 0.3) is 0 Å². The van der Waals surface area contributed by atoms with Gasteiger partial charge in [-0.3, -0.25) is 4.79 Å². The van der Waals surface area contributed by atoms with Crippen LogP contribution < -0.4 is 0 Å². The van der Waals surface area contributed by atoms with Crippen LogP contribution in [0.4, 0.5) is 0 Å². The molecule has 0 bridgehead atoms. The van der Waals surface area contributed by atoms with E-state index in [1.807, 2.05) is 0 Å². The quantitative estimate of drug-likeness (QED) is 0.594. The standard InChI is InChI=1S/C7H14O4.CH4/c1-10-5-6-11-4-2-3-7(8)9;/h2-6H2,1H3,(H,8,9);1H4. The molecule has 0 amide bonds. The minimum atomic E-state index is -0.777. The Morgan fingerprint density at radius 2 is 2.00 bits per heavy atom. The molecule has 0 saturated carbocycles. The third-order valence-electron chi connectivity index (χ3n) is 1.11. The average Bonchev–Trinajstić information content (AvgIpc) is 1.96. The lowest BCUT2D eigenvalue weighted by Crippen LogP contribution is -2.04. The summed E-state index contributed by atoms with van der Waals surface area (Å²) in [7, 11) is 1.60. The number of carbonyl (C=O) groups is 1. The lowest BCUT2D eigenvalue weighted by molar-refractivity contribution is -0.137. The lowest BCUT2D eigenvalue weighted by Gasteiger charge is -2.00. The fourth-order valence-electron chi connectivity index (χ4n) is 0.570. The number of ether oxygens (including phenoxy) is 2. The van der Waals surface area contributed by atoms with Crippen molar-refractivity contribution in [3.63, 3.8) is 0 Å². The molecule has 0 saturated heterocycles. The first kappa shape index (κ1) is 13.9. The molecular weight excluding hydrogens is 160 g/mol. The summed E-state index contributed by atoms with van der Waals surface area (Å²) < 4.78 is 9.76. The maximum Gasteiger partial charge on any atom is 0.303 e. The van der Waals surface area contributed by atoms with Gasteiger partial charge in [0.25, 0.3) is 0 Å². The third kappa shape index (κ3) is 12.1. The molecule has 4 nitrogen and oxygen atoms in total. The van der Waals surface area contributed by atoms with Gasteiger partial charge in [-0.05, 0) is 6.42 Å². The molecule has 0 aliphatic carbocycles. The van der Waals surface area contributed by atoms with Crippen LogP contribution in [0, 0.1) is 0 Å². The SMILES string of the molecule is C.COCCOCCCC(=O)O. The van der Waals surface area contributed by atoms with Crippen molar-refractivity contribution in [3.8, 4) is 0 Å². The summed E-state index contributed by atoms with van der Waals surface area (Å²) in [6.45, 7) is 1.60. The monoisotopic (exact) mass is 178 g/mol. The Morgan fingerprint density at radius 3 is 2.50 bits per heavy atom. The zero-order valence-electron chi connectivity index (χ0n) is 6.71. The van der Waals surface area contributed by atoms with Gasteiger partial charge in [0.1, 0.15) is 0 Å². The number of aliphatic carboxylic acids is 1. The van der Waals surface area contributed by atoms with Gasteiger partial charge >= 0.3 is 5.97 Å². The second-order valence-corrected chi connectivity index (χ2v) is 2.10. The Morgan fingerprint density at radius 1 is 1.33 bits per heavy atom. The van der Waals surface area contributed by atoms with Crippen LogP contribution in [0.15, 0.2) is 0 Å². The normalized spacial score (nSPS) is 9.08. The van der Waals surface area contributed by atoms with Crippen LogP contribution in [0.1, 0.15) is 20.3 Å². The molecule has 0 heterocycles. The first-order valence-corrected chi connectivity index (χ1v) is 3.56. The molecule has 74 valence electrons. The van der Waals surface area contributed by atoms with Crippen LogP contribution in [-0.2, 0) is 14.3 Å². The van der Waals surface area contributed by atoms with Crippen molar-refractivity contribution >= 4 is 5.97 Å². The predicted molar refractivity (Wildman–Crippen MR) is 46.3 cm³/mol. The minimum absolute atomic E-state index is 0. The van der Waals surface area contributed by atoms with Crippen molar-refractivity contribution in [1.29, 1.82) is 0 Å². The van der Waals surface area contributed by atoms with Crippen molar-refractivity contribution < 1.29 is 19.4 Å². The Kier molecular flexibility index (Phi) is 12.1. The average molecular weight is 178 g/mol. The largest absolute Gasteiger partial charge is 0.481 e. The predicted octanol–water partition coefficient (Wildman–Crippen LogP) is 1.15. The number of hydrogen-bond acceptors (Lipinski definition) is 3. The van der Waals surface area contributed by atoms with Crippen molar-refractivity contribution in [3.05, 3.63) is 0 Å². The molecule has 0 aromatic carbocycles. The van der Waals surface area contributed by atoms with Gasteiger partial charge in [-0.2, -0.15) is 0 Å². The molecule has 0 fully saturated rings. The number of rotatable bonds is 7. The van der Waals surface area contributed by atoms with E-state index in [0.717, 1.165) is 0 Å². The smallest absolute Gasteiger partial charge is 0.303 e. The van der Waals surface area contributed by atoms with E-state index in [2.05, 4.69) is 0 Å². The van der Waals surface area contributed by atoms with E-state index in [9.17, 15) is 4.79 Å². The minimum Gasteiger partial charge on any atom is -0.481 e. The molecule has 1 N–H and O–H groups in total. The molecule has 0 spiro atoms. The number of carboxylic acids is 1. The molecule has 12 heavy (non-hydrogen) atoms. The maximum absolute atomic E-state index is 10.0. The first-order valence-electron chi connectivity index (χ1n) is 3.56. The molecule has 0 rings (SSSR count). The number of carboxylic acid groups (broad SMARTS) is 1. The van der Waals surface area contributed by atoms with Gasteiger partial charge in [0, 0.05) is 20.1 Å². The van der Waals surface area contributed by atoms with Crippen LogP contribution in [0.3, 0.4) is 0 Å². The van der Waals surface area contributed by atoms with Crippen molar-refractivity contribution in [2.45, 2.75) is 20.3 Å². The summed E-state index contributed by atoms with van der Waals surface area (Å²) >= 11 is 0. The highest BCUT2D eigenvalue weighted by Gasteiger charge is 1.95. The Hall–Kier alpha value is -0.610. The van der Waals surface area contributed by atoms with Gasteiger partial charge in [-0.25, -0.2) is 0 Å². The van der Waals surface area contributed by atoms with Gasteiger partial charge in [-0.1, -0.05) is 7.43 Å². The molecule has 0 aromatic rings. The number of methoxy groups -OCH3 is 1. The summed E-state index contributed by atoms with van der Waals surface area (Å²) in [5.41, 5.74) is 0. The zero-order chi connectivity index (χ0) is 8.53. The molecular formula is C8H18O4. The summed E-state index contributed by atoms with van der Waals surface area (Å²) in [4.78, 5) is 10.0. The third-order valence-corrected chi connectivity index (χ3v) is 1.11. The summed E-state index contributed by atoms with van der Waals surface area (Å²) in [6.07, 6.45) is 0.742. The van der Waals surface area contributed by atoms with Gasteiger partial charge in [0.05, 0.1) is 13.2 Å². The van der Waals surface area contributed by atoms with E-state index in [0.29, 0.717) is 26.2 Å². The van der Waals surface area contributed by atoms with E-state index >= 15 is 0 Å². The second-order valence-electron chi connectivity index (χ2n) is 2.10. The number of hydrogen-bond donors (Lipinski definition) is 1. The highest BCUT2D eigenvalue weighted by atomic mass is 16.5. The molecule has 0 unspecified atom stereocenters. The summed E-state index contributed by atoms with van der Waals surface area (Å²) in [6, 6.07) is 0. The van der Waals surface area contributed by atoms with Gasteiger partial charge in [0.2, 0.25) is 0 Å². The summed E-state index contributed by atoms with van der Waals surface area (Å²) in [5, 5.41) is 8.24. The van der Waals surface area contributed by atoms with E-state index in [4.69, 9.17) is 14.6 Å². The van der Waals surface area contributed by atoms with E-state index in [1.54, 1.807) is 7.11 Å². The van der Waals surface area contributed by atoms with E-state index in [-0.39, 0.29) is 13.8 Å². The molecule has 4 heteroatoms. The molecule has 0 aromatic heterocycles. The molecule has 0 aliphatic rings. The van der Waals surface area contributed by atoms with Crippen LogP contribution in [-0.4, -0.2) is 38.0 Å². The lowest BCUT2D eigenvalue weighted by atomic mass is 10.3. The Balaban J connectivity index is 0. The van der Waals surface area contributed by atoms with Crippen molar-refractivity contribution in [2.75, 3.05) is 26.9 Å². The van der Waals surface area contributed by atoms with E-state index in [1.165, 1.54) is 0 Å². The van der Waals surface area contributed by atoms with Gasteiger partial charge in [-0.15, -0.1) is 0 Å². The molecule has 0 atom stereocenters. The Labute approximate surface area is 73.5 Å². The zero-order valence-corrected chi connectivity index (χ0v) is 6.71. The highest BCUT2D eigenvalue weighted by molar-refractivity contribution is 5.66. The topological polar surface area (TPSA) is 55.8 Å². The Bertz CT molecular complexity index is 103. The molecule has 0 radical (unpaired) electrons. The van der Waals surface area contributed by atoms with Crippen LogP contribution in [0.2, 0.25) is 0 Å². The summed E-state index contributed by atoms with van der Waals surface area (Å²) in [5.74, 6) is -0.777. The maximum atomic E-state index is 10.0. The van der Waals surface area contributed by atoms with Gasteiger partial charge in [0.15, 0.2) is 0 Å². The fourth-order valence-corrected chi connectivity index (χ4v) is 0.570. The van der Waals surface area contributed by atoms with Gasteiger partial charge < -0.3 is 14.6 Å². The highest BCUT2D eigenvalue weighted by Crippen LogP contribution is 1.89. The van der Waals surface area contributed by atoms with Crippen molar-refractivity contribution in [1.82, 2.24) is 0 Å². The van der Waals surface area contributed by atoms with Crippen LogP contribution in [0.5, 0.6) is 0 Å². The van der Waals surface area contributed by atoms with Crippen LogP contribution >= 0.6 is 0 Å².